The Morgan fingerprint density at radius 3 is 2.50 bits per heavy atom. The third-order valence-corrected chi connectivity index (χ3v) is 5.25. The second-order valence-corrected chi connectivity index (χ2v) is 7.43. The van der Waals surface area contributed by atoms with Gasteiger partial charge in [-0.25, -0.2) is 4.79 Å². The minimum Gasteiger partial charge on any atom is -0.478 e. The summed E-state index contributed by atoms with van der Waals surface area (Å²) in [6, 6.07) is 10.6. The summed E-state index contributed by atoms with van der Waals surface area (Å²) in [4.78, 5) is 25.8. The normalized spacial score (nSPS) is 16.9. The smallest absolute Gasteiger partial charge is 0.478 e. The van der Waals surface area contributed by atoms with Crippen molar-refractivity contribution in [2.45, 2.75) is 38.5 Å². The molecule has 8 heteroatoms. The fourth-order valence-electron chi connectivity index (χ4n) is 3.70. The van der Waals surface area contributed by atoms with E-state index in [1.165, 1.54) is 24.3 Å². The zero-order chi connectivity index (χ0) is 21.9. The van der Waals surface area contributed by atoms with Gasteiger partial charge in [0.1, 0.15) is 5.75 Å². The van der Waals surface area contributed by atoms with Crippen molar-refractivity contribution in [3.8, 4) is 5.75 Å². The van der Waals surface area contributed by atoms with Gasteiger partial charge in [-0.2, -0.15) is 0 Å². The van der Waals surface area contributed by atoms with Gasteiger partial charge in [-0.1, -0.05) is 24.3 Å². The van der Waals surface area contributed by atoms with Gasteiger partial charge in [0.05, 0.1) is 12.0 Å². The summed E-state index contributed by atoms with van der Waals surface area (Å²) in [6.45, 7) is 2.83. The number of hydrogen-bond acceptors (Lipinski definition) is 3. The van der Waals surface area contributed by atoms with Crippen LogP contribution in [-0.2, 0) is 11.2 Å². The summed E-state index contributed by atoms with van der Waals surface area (Å²) in [5, 5.41) is 9.34. The van der Waals surface area contributed by atoms with Gasteiger partial charge >= 0.3 is 12.3 Å². The molecule has 0 radical (unpaired) electrons. The van der Waals surface area contributed by atoms with Crippen LogP contribution in [0.5, 0.6) is 5.75 Å². The van der Waals surface area contributed by atoms with Gasteiger partial charge in [0.25, 0.3) is 0 Å². The zero-order valence-electron chi connectivity index (χ0n) is 16.4. The van der Waals surface area contributed by atoms with Crippen LogP contribution in [-0.4, -0.2) is 41.3 Å². The quantitative estimate of drug-likeness (QED) is 0.770. The maximum atomic E-state index is 12.7. The summed E-state index contributed by atoms with van der Waals surface area (Å²) in [7, 11) is 0. The lowest BCUT2D eigenvalue weighted by atomic mass is 9.88. The van der Waals surface area contributed by atoms with E-state index in [0.717, 1.165) is 18.4 Å². The number of alkyl halides is 3. The first kappa shape index (κ1) is 21.7. The predicted molar refractivity (Wildman–Crippen MR) is 104 cm³/mol. The number of hydrogen-bond donors (Lipinski definition) is 1. The van der Waals surface area contributed by atoms with Gasteiger partial charge in [0.2, 0.25) is 5.91 Å². The third-order valence-electron chi connectivity index (χ3n) is 5.25. The monoisotopic (exact) mass is 421 g/mol. The van der Waals surface area contributed by atoms with Crippen molar-refractivity contribution < 1.29 is 32.6 Å². The lowest BCUT2D eigenvalue weighted by Gasteiger charge is -2.33. The van der Waals surface area contributed by atoms with E-state index in [4.69, 9.17) is 0 Å². The molecule has 2 aromatic carbocycles. The Morgan fingerprint density at radius 2 is 1.87 bits per heavy atom. The summed E-state index contributed by atoms with van der Waals surface area (Å²) in [5.74, 6) is -1.37. The Morgan fingerprint density at radius 1 is 1.17 bits per heavy atom. The number of carbonyl (C=O) groups excluding carboxylic acids is 1. The van der Waals surface area contributed by atoms with Crippen molar-refractivity contribution in [3.05, 3.63) is 64.7 Å². The number of aromatic carboxylic acids is 1. The summed E-state index contributed by atoms with van der Waals surface area (Å²) in [6.07, 6.45) is -3.02. The number of nitrogens with zero attached hydrogens (tertiary/aromatic N) is 1. The van der Waals surface area contributed by atoms with E-state index in [0.29, 0.717) is 24.2 Å². The van der Waals surface area contributed by atoms with Crippen molar-refractivity contribution in [3.63, 3.8) is 0 Å². The third kappa shape index (κ3) is 5.52. The molecule has 1 amide bonds. The van der Waals surface area contributed by atoms with Crippen molar-refractivity contribution >= 4 is 11.9 Å². The molecular formula is C22H22F3NO4. The minimum atomic E-state index is -4.75. The van der Waals surface area contributed by atoms with E-state index in [2.05, 4.69) is 4.74 Å². The van der Waals surface area contributed by atoms with Crippen molar-refractivity contribution in [1.29, 1.82) is 0 Å². The zero-order valence-corrected chi connectivity index (χ0v) is 16.4. The molecule has 2 aromatic rings. The molecule has 30 heavy (non-hydrogen) atoms. The van der Waals surface area contributed by atoms with Crippen molar-refractivity contribution in [1.82, 2.24) is 4.90 Å². The lowest BCUT2D eigenvalue weighted by molar-refractivity contribution is -0.274. The average Bonchev–Trinajstić information content (AvgIpc) is 2.68. The molecule has 1 fully saturated rings. The van der Waals surface area contributed by atoms with Crippen LogP contribution in [0.15, 0.2) is 42.5 Å². The molecule has 1 N–H and O–H groups in total. The number of benzene rings is 2. The molecule has 1 unspecified atom stereocenters. The molecule has 3 rings (SSSR count). The number of carboxylic acids is 1. The first-order valence-corrected chi connectivity index (χ1v) is 9.58. The standard InChI is InChI=1S/C22H22F3NO4/c1-14-4-7-16(12-19(14)21(28)29)17-3-2-10-26(13-17)20(27)11-15-5-8-18(9-6-15)30-22(23,24)25/h4-9,12,17H,2-3,10-11,13H2,1H3,(H,28,29). The van der Waals surface area contributed by atoms with Crippen LogP contribution < -0.4 is 4.74 Å². The van der Waals surface area contributed by atoms with Crippen molar-refractivity contribution in [2.24, 2.45) is 0 Å². The largest absolute Gasteiger partial charge is 0.573 e. The summed E-state index contributed by atoms with van der Waals surface area (Å²) >= 11 is 0. The number of amides is 1. The molecule has 0 spiro atoms. The number of piperidine rings is 1. The molecule has 1 heterocycles. The molecule has 1 saturated heterocycles. The Labute approximate surface area is 172 Å². The molecule has 0 aliphatic carbocycles. The summed E-state index contributed by atoms with van der Waals surface area (Å²) in [5.41, 5.74) is 2.44. The molecule has 160 valence electrons. The van der Waals surface area contributed by atoms with Gasteiger partial charge in [-0.05, 0) is 54.7 Å². The molecule has 0 saturated carbocycles. The Hall–Kier alpha value is -3.03. The van der Waals surface area contributed by atoms with E-state index >= 15 is 0 Å². The topological polar surface area (TPSA) is 66.8 Å². The number of likely N-dealkylation sites (tertiary alicyclic amines) is 1. The number of aryl methyl sites for hydroxylation is 1. The van der Waals surface area contributed by atoms with Gasteiger partial charge in [0.15, 0.2) is 0 Å². The number of carboxylic acid groups (broad SMARTS) is 1. The van der Waals surface area contributed by atoms with E-state index < -0.39 is 12.3 Å². The predicted octanol–water partition coefficient (Wildman–Crippen LogP) is 4.54. The maximum Gasteiger partial charge on any atom is 0.573 e. The Balaban J connectivity index is 1.65. The molecule has 1 aliphatic rings. The van der Waals surface area contributed by atoms with Gasteiger partial charge in [-0.15, -0.1) is 13.2 Å². The van der Waals surface area contributed by atoms with E-state index in [-0.39, 0.29) is 29.6 Å². The highest BCUT2D eigenvalue weighted by molar-refractivity contribution is 5.89. The molecule has 1 aliphatic heterocycles. The summed E-state index contributed by atoms with van der Waals surface area (Å²) < 4.78 is 40.6. The van der Waals surface area contributed by atoms with E-state index in [9.17, 15) is 27.9 Å². The fourth-order valence-corrected chi connectivity index (χ4v) is 3.70. The maximum absolute atomic E-state index is 12.7. The molecular weight excluding hydrogens is 399 g/mol. The number of carbonyl (C=O) groups is 2. The molecule has 5 nitrogen and oxygen atoms in total. The van der Waals surface area contributed by atoms with E-state index in [1.54, 1.807) is 24.0 Å². The Kier molecular flexibility index (Phi) is 6.34. The highest BCUT2D eigenvalue weighted by atomic mass is 19.4. The van der Waals surface area contributed by atoms with Crippen LogP contribution >= 0.6 is 0 Å². The second-order valence-electron chi connectivity index (χ2n) is 7.43. The molecule has 0 bridgehead atoms. The van der Waals surface area contributed by atoms with Gasteiger partial charge < -0.3 is 14.7 Å². The van der Waals surface area contributed by atoms with Crippen LogP contribution in [0, 0.1) is 6.92 Å². The highest BCUT2D eigenvalue weighted by Gasteiger charge is 2.31. The Bertz CT molecular complexity index is 925. The van der Waals surface area contributed by atoms with Gasteiger partial charge in [-0.3, -0.25) is 4.79 Å². The number of rotatable bonds is 5. The first-order valence-electron chi connectivity index (χ1n) is 9.58. The number of ether oxygens (including phenoxy) is 1. The lowest BCUT2D eigenvalue weighted by Crippen LogP contribution is -2.40. The average molecular weight is 421 g/mol. The van der Waals surface area contributed by atoms with Crippen LogP contribution in [0.3, 0.4) is 0 Å². The van der Waals surface area contributed by atoms with Crippen LogP contribution in [0.4, 0.5) is 13.2 Å². The van der Waals surface area contributed by atoms with Gasteiger partial charge in [0, 0.05) is 19.0 Å². The highest BCUT2D eigenvalue weighted by Crippen LogP contribution is 2.29. The fraction of sp³-hybridized carbons (Fsp3) is 0.364. The van der Waals surface area contributed by atoms with E-state index in [1.807, 2.05) is 6.07 Å². The molecule has 1 atom stereocenters. The SMILES string of the molecule is Cc1ccc(C2CCCN(C(=O)Cc3ccc(OC(F)(F)F)cc3)C2)cc1C(=O)O. The first-order chi connectivity index (χ1) is 14.1. The van der Waals surface area contributed by atoms with Crippen LogP contribution in [0.2, 0.25) is 0 Å². The molecule has 0 aromatic heterocycles. The van der Waals surface area contributed by atoms with Crippen LogP contribution in [0.1, 0.15) is 45.8 Å². The van der Waals surface area contributed by atoms with Crippen LogP contribution in [0.25, 0.3) is 0 Å². The number of halogens is 3. The second kappa shape index (κ2) is 8.77. The van der Waals surface area contributed by atoms with Crippen molar-refractivity contribution in [2.75, 3.05) is 13.1 Å². The minimum absolute atomic E-state index is 0.0453.